The van der Waals surface area contributed by atoms with Gasteiger partial charge in [0.1, 0.15) is 0 Å². The smallest absolute Gasteiger partial charge is 0.321 e. The number of hydrogen-bond acceptors (Lipinski definition) is 3. The third kappa shape index (κ3) is 5.75. The first-order valence-corrected chi connectivity index (χ1v) is 10.5. The molecule has 1 fully saturated rings. The number of nitrogens with one attached hydrogen (secondary N) is 2. The highest BCUT2D eigenvalue weighted by Gasteiger charge is 2.19. The predicted molar refractivity (Wildman–Crippen MR) is 122 cm³/mol. The van der Waals surface area contributed by atoms with Gasteiger partial charge in [-0.15, -0.1) is 0 Å². The summed E-state index contributed by atoms with van der Waals surface area (Å²) < 4.78 is 0. The molecule has 0 radical (unpaired) electrons. The summed E-state index contributed by atoms with van der Waals surface area (Å²) in [7, 11) is 1.78. The van der Waals surface area contributed by atoms with Gasteiger partial charge in [0.25, 0.3) is 5.91 Å². The maximum Gasteiger partial charge on any atom is 0.321 e. The van der Waals surface area contributed by atoms with Crippen LogP contribution in [0.4, 0.5) is 16.2 Å². The standard InChI is InChI=1S/C24H32N4O2/c1-24(2,3)26-22(29)18-11-9-12-20(16-18)25-23(30)27(4)17-19-10-5-6-13-21(19)28-14-7-8-15-28/h5-6,9-13,16H,7-8,14-15,17H2,1-4H3,(H,25,30)(H,26,29). The first-order chi connectivity index (χ1) is 14.2. The second-order valence-electron chi connectivity index (χ2n) is 8.89. The van der Waals surface area contributed by atoms with Crippen LogP contribution in [0.3, 0.4) is 0 Å². The number of nitrogens with zero attached hydrogens (tertiary/aromatic N) is 2. The van der Waals surface area contributed by atoms with Gasteiger partial charge in [-0.05, 0) is 63.4 Å². The average Bonchev–Trinajstić information content (AvgIpc) is 3.22. The molecular formula is C24H32N4O2. The van der Waals surface area contributed by atoms with Crippen molar-refractivity contribution in [2.45, 2.75) is 45.7 Å². The zero-order chi connectivity index (χ0) is 21.7. The number of benzene rings is 2. The fourth-order valence-corrected chi connectivity index (χ4v) is 3.61. The Morgan fingerprint density at radius 3 is 2.43 bits per heavy atom. The number of carbonyl (C=O) groups is 2. The van der Waals surface area contributed by atoms with Crippen LogP contribution in [0, 0.1) is 0 Å². The zero-order valence-corrected chi connectivity index (χ0v) is 18.4. The molecule has 0 saturated carbocycles. The Morgan fingerprint density at radius 1 is 1.03 bits per heavy atom. The summed E-state index contributed by atoms with van der Waals surface area (Å²) in [5, 5.41) is 5.84. The van der Waals surface area contributed by atoms with Gasteiger partial charge in [0, 0.05) is 49.2 Å². The van der Waals surface area contributed by atoms with Gasteiger partial charge in [0.05, 0.1) is 0 Å². The molecule has 0 unspecified atom stereocenters. The molecule has 0 bridgehead atoms. The summed E-state index contributed by atoms with van der Waals surface area (Å²) in [4.78, 5) is 29.2. The highest BCUT2D eigenvalue weighted by atomic mass is 16.2. The molecule has 3 amide bonds. The van der Waals surface area contributed by atoms with E-state index in [1.807, 2.05) is 32.9 Å². The molecule has 2 aromatic rings. The molecule has 0 aliphatic carbocycles. The summed E-state index contributed by atoms with van der Waals surface area (Å²) in [6.45, 7) is 8.46. The van der Waals surface area contributed by atoms with Gasteiger partial charge in [-0.3, -0.25) is 4.79 Å². The maximum atomic E-state index is 12.8. The second kappa shape index (κ2) is 9.20. The van der Waals surface area contributed by atoms with Crippen molar-refractivity contribution in [1.82, 2.24) is 10.2 Å². The third-order valence-electron chi connectivity index (χ3n) is 5.06. The Hall–Kier alpha value is -3.02. The highest BCUT2D eigenvalue weighted by molar-refractivity contribution is 5.97. The molecule has 0 aromatic heterocycles. The summed E-state index contributed by atoms with van der Waals surface area (Å²) >= 11 is 0. The fourth-order valence-electron chi connectivity index (χ4n) is 3.61. The van der Waals surface area contributed by atoms with Crippen LogP contribution in [0.15, 0.2) is 48.5 Å². The molecule has 1 aliphatic heterocycles. The molecule has 1 heterocycles. The van der Waals surface area contributed by atoms with E-state index in [2.05, 4.69) is 27.7 Å². The Kier molecular flexibility index (Phi) is 6.65. The number of urea groups is 1. The molecular weight excluding hydrogens is 376 g/mol. The number of anilines is 2. The summed E-state index contributed by atoms with van der Waals surface area (Å²) in [6.07, 6.45) is 2.42. The van der Waals surface area contributed by atoms with E-state index < -0.39 is 0 Å². The molecule has 3 rings (SSSR count). The number of hydrogen-bond donors (Lipinski definition) is 2. The van der Waals surface area contributed by atoms with Gasteiger partial charge in [-0.25, -0.2) is 4.79 Å². The van der Waals surface area contributed by atoms with Crippen LogP contribution in [-0.4, -0.2) is 42.5 Å². The lowest BCUT2D eigenvalue weighted by molar-refractivity contribution is 0.0919. The maximum absolute atomic E-state index is 12.8. The fraction of sp³-hybridized carbons (Fsp3) is 0.417. The van der Waals surface area contributed by atoms with Gasteiger partial charge < -0.3 is 20.4 Å². The van der Waals surface area contributed by atoms with E-state index in [4.69, 9.17) is 0 Å². The lowest BCUT2D eigenvalue weighted by Crippen LogP contribution is -2.40. The molecule has 1 aliphatic rings. The van der Waals surface area contributed by atoms with Gasteiger partial charge in [-0.1, -0.05) is 24.3 Å². The number of carbonyl (C=O) groups excluding carboxylic acids is 2. The van der Waals surface area contributed by atoms with Crippen molar-refractivity contribution in [3.63, 3.8) is 0 Å². The van der Waals surface area contributed by atoms with E-state index in [1.54, 1.807) is 36.2 Å². The van der Waals surface area contributed by atoms with Crippen molar-refractivity contribution in [1.29, 1.82) is 0 Å². The Bertz CT molecular complexity index is 898. The first-order valence-electron chi connectivity index (χ1n) is 10.5. The predicted octanol–water partition coefficient (Wildman–Crippen LogP) is 4.48. The largest absolute Gasteiger partial charge is 0.371 e. The van der Waals surface area contributed by atoms with Gasteiger partial charge in [-0.2, -0.15) is 0 Å². The SMILES string of the molecule is CN(Cc1ccccc1N1CCCC1)C(=O)Nc1cccc(C(=O)NC(C)(C)C)c1. The van der Waals surface area contributed by atoms with E-state index in [-0.39, 0.29) is 17.5 Å². The summed E-state index contributed by atoms with van der Waals surface area (Å²) in [5.74, 6) is -0.161. The topological polar surface area (TPSA) is 64.7 Å². The van der Waals surface area contributed by atoms with Crippen molar-refractivity contribution in [2.24, 2.45) is 0 Å². The van der Waals surface area contributed by atoms with Crippen LogP contribution in [0.2, 0.25) is 0 Å². The minimum atomic E-state index is -0.320. The molecule has 6 nitrogen and oxygen atoms in total. The summed E-state index contributed by atoms with van der Waals surface area (Å²) in [5.41, 5.74) is 3.14. The quantitative estimate of drug-likeness (QED) is 0.767. The van der Waals surface area contributed by atoms with Gasteiger partial charge in [0.2, 0.25) is 0 Å². The van der Waals surface area contributed by atoms with Crippen LogP contribution < -0.4 is 15.5 Å². The third-order valence-corrected chi connectivity index (χ3v) is 5.06. The number of rotatable bonds is 5. The van der Waals surface area contributed by atoms with Crippen molar-refractivity contribution < 1.29 is 9.59 Å². The van der Waals surface area contributed by atoms with Crippen LogP contribution in [-0.2, 0) is 6.54 Å². The molecule has 1 saturated heterocycles. The minimum absolute atomic E-state index is 0.161. The monoisotopic (exact) mass is 408 g/mol. The molecule has 0 spiro atoms. The van der Waals surface area contributed by atoms with Crippen LogP contribution in [0.25, 0.3) is 0 Å². The van der Waals surface area contributed by atoms with Crippen molar-refractivity contribution >= 4 is 23.3 Å². The normalized spacial score (nSPS) is 13.8. The Morgan fingerprint density at radius 2 is 1.73 bits per heavy atom. The van der Waals surface area contributed by atoms with E-state index in [0.29, 0.717) is 17.8 Å². The van der Waals surface area contributed by atoms with Crippen LogP contribution in [0.5, 0.6) is 0 Å². The molecule has 30 heavy (non-hydrogen) atoms. The van der Waals surface area contributed by atoms with Crippen LogP contribution >= 0.6 is 0 Å². The Balaban J connectivity index is 1.65. The lowest BCUT2D eigenvalue weighted by atomic mass is 10.1. The first kappa shape index (κ1) is 21.7. The van der Waals surface area contributed by atoms with E-state index >= 15 is 0 Å². The number of amides is 3. The number of para-hydroxylation sites is 1. The van der Waals surface area contributed by atoms with Crippen molar-refractivity contribution in [3.05, 3.63) is 59.7 Å². The van der Waals surface area contributed by atoms with E-state index in [0.717, 1.165) is 18.7 Å². The minimum Gasteiger partial charge on any atom is -0.371 e. The molecule has 160 valence electrons. The van der Waals surface area contributed by atoms with Crippen molar-refractivity contribution in [3.8, 4) is 0 Å². The van der Waals surface area contributed by atoms with Crippen molar-refractivity contribution in [2.75, 3.05) is 30.4 Å². The average molecular weight is 409 g/mol. The highest BCUT2D eigenvalue weighted by Crippen LogP contribution is 2.25. The Labute approximate surface area is 179 Å². The summed E-state index contributed by atoms with van der Waals surface area (Å²) in [6, 6.07) is 15.1. The lowest BCUT2D eigenvalue weighted by Gasteiger charge is -2.25. The van der Waals surface area contributed by atoms with Gasteiger partial charge >= 0.3 is 6.03 Å². The molecule has 6 heteroatoms. The second-order valence-corrected chi connectivity index (χ2v) is 8.89. The van der Waals surface area contributed by atoms with Crippen LogP contribution in [0.1, 0.15) is 49.5 Å². The zero-order valence-electron chi connectivity index (χ0n) is 18.4. The van der Waals surface area contributed by atoms with E-state index in [1.165, 1.54) is 18.5 Å². The van der Waals surface area contributed by atoms with E-state index in [9.17, 15) is 9.59 Å². The molecule has 0 atom stereocenters. The molecule has 2 N–H and O–H groups in total. The van der Waals surface area contributed by atoms with Gasteiger partial charge in [0.15, 0.2) is 0 Å². The molecule has 2 aromatic carbocycles.